The lowest BCUT2D eigenvalue weighted by molar-refractivity contribution is 0.226. The second-order valence-electron chi connectivity index (χ2n) is 2.16. The minimum atomic E-state index is -1.61. The van der Waals surface area contributed by atoms with E-state index in [1.165, 1.54) is 18.6 Å². The molecule has 0 spiro atoms. The first-order chi connectivity index (χ1) is 5.81. The van der Waals surface area contributed by atoms with Crippen LogP contribution in [0.3, 0.4) is 0 Å². The molecule has 0 saturated carbocycles. The van der Waals surface area contributed by atoms with E-state index >= 15 is 0 Å². The lowest BCUT2D eigenvalue weighted by atomic mass is 10.4. The highest BCUT2D eigenvalue weighted by molar-refractivity contribution is 7.99. The van der Waals surface area contributed by atoms with Gasteiger partial charge in [-0.1, -0.05) is 6.92 Å². The Morgan fingerprint density at radius 3 is 2.75 bits per heavy atom. The van der Waals surface area contributed by atoms with Crippen molar-refractivity contribution < 1.29 is 13.9 Å². The number of hydrogen-bond donors (Lipinski definition) is 1. The average Bonchev–Trinajstić information content (AvgIpc) is 2.10. The van der Waals surface area contributed by atoms with Gasteiger partial charge in [0.25, 0.3) is 0 Å². The van der Waals surface area contributed by atoms with Crippen LogP contribution >= 0.6 is 20.4 Å². The van der Waals surface area contributed by atoms with Crippen LogP contribution in [0.4, 0.5) is 0 Å². The van der Waals surface area contributed by atoms with Crippen molar-refractivity contribution in [2.24, 2.45) is 0 Å². The second kappa shape index (κ2) is 9.75. The van der Waals surface area contributed by atoms with Gasteiger partial charge in [-0.05, 0) is 24.3 Å². The predicted octanol–water partition coefficient (Wildman–Crippen LogP) is 2.40. The summed E-state index contributed by atoms with van der Waals surface area (Å²) in [5, 5.41) is 0. The van der Waals surface area contributed by atoms with E-state index in [-0.39, 0.29) is 0 Å². The first-order valence-electron chi connectivity index (χ1n) is 4.05. The quantitative estimate of drug-likeness (QED) is 0.495. The number of rotatable bonds is 8. The Kier molecular flexibility index (Phi) is 10.3. The molecule has 3 nitrogen and oxygen atoms in total. The Morgan fingerprint density at radius 2 is 2.17 bits per heavy atom. The van der Waals surface area contributed by atoms with Crippen LogP contribution < -0.4 is 0 Å². The third kappa shape index (κ3) is 8.75. The monoisotopic (exact) mass is 212 g/mol. The maximum atomic E-state index is 8.88. The van der Waals surface area contributed by atoms with Crippen molar-refractivity contribution in [2.75, 3.05) is 25.2 Å². The third-order valence-electron chi connectivity index (χ3n) is 1.25. The summed E-state index contributed by atoms with van der Waals surface area (Å²) in [6, 6.07) is 0. The smallest absolute Gasteiger partial charge is 0.328 e. The lowest BCUT2D eigenvalue weighted by Gasteiger charge is -2.06. The van der Waals surface area contributed by atoms with Crippen LogP contribution in [0, 0.1) is 0 Å². The van der Waals surface area contributed by atoms with E-state index in [2.05, 4.69) is 11.4 Å². The molecule has 0 heterocycles. The summed E-state index contributed by atoms with van der Waals surface area (Å²) in [5.74, 6) is 2.35. The van der Waals surface area contributed by atoms with Crippen LogP contribution in [0.1, 0.15) is 19.8 Å². The van der Waals surface area contributed by atoms with Gasteiger partial charge in [-0.3, -0.25) is 0 Å². The molecule has 0 radical (unpaired) electrons. The highest BCUT2D eigenvalue weighted by atomic mass is 32.2. The fraction of sp³-hybridized carbons (Fsp3) is 1.00. The van der Waals surface area contributed by atoms with Gasteiger partial charge < -0.3 is 13.9 Å². The average molecular weight is 212 g/mol. The topological polar surface area (TPSA) is 38.7 Å². The van der Waals surface area contributed by atoms with Crippen LogP contribution in [0.25, 0.3) is 0 Å². The zero-order valence-electron chi connectivity index (χ0n) is 7.65. The number of hydrogen-bond acceptors (Lipinski definition) is 4. The van der Waals surface area contributed by atoms with Crippen molar-refractivity contribution in [1.82, 2.24) is 0 Å². The Bertz CT molecular complexity index is 94.7. The molecule has 74 valence electrons. The van der Waals surface area contributed by atoms with Crippen molar-refractivity contribution in [1.29, 1.82) is 0 Å². The molecule has 0 bridgehead atoms. The minimum absolute atomic E-state index is 0.598. The second-order valence-corrected chi connectivity index (χ2v) is 4.65. The van der Waals surface area contributed by atoms with Gasteiger partial charge >= 0.3 is 8.60 Å². The maximum absolute atomic E-state index is 8.88. The molecule has 0 fully saturated rings. The van der Waals surface area contributed by atoms with E-state index in [0.29, 0.717) is 6.61 Å². The Balaban J connectivity index is 2.90. The molecular formula is C7H17O3PS. The van der Waals surface area contributed by atoms with Gasteiger partial charge in [0, 0.05) is 7.11 Å². The summed E-state index contributed by atoms with van der Waals surface area (Å²) in [4.78, 5) is 8.88. The molecule has 0 aliphatic carbocycles. The molecule has 0 aromatic rings. The number of unbranched alkanes of at least 4 members (excludes halogenated alkanes) is 1. The molecule has 0 aliphatic heterocycles. The summed E-state index contributed by atoms with van der Waals surface area (Å²) in [6.07, 6.45) is 2.14. The minimum Gasteiger partial charge on any atom is -0.328 e. The molecular weight excluding hydrogens is 195 g/mol. The van der Waals surface area contributed by atoms with Gasteiger partial charge in [0.2, 0.25) is 0 Å². The highest BCUT2D eigenvalue weighted by Crippen LogP contribution is 2.31. The standard InChI is InChI=1S/C7H17O3PS/c1-3-12-7-5-4-6-10-11(8)9-2/h8H,3-7H2,1-2H3. The summed E-state index contributed by atoms with van der Waals surface area (Å²) in [6.45, 7) is 2.75. The van der Waals surface area contributed by atoms with Crippen molar-refractivity contribution in [3.8, 4) is 0 Å². The molecule has 12 heavy (non-hydrogen) atoms. The summed E-state index contributed by atoms with van der Waals surface area (Å²) in [5.41, 5.74) is 0. The Morgan fingerprint density at radius 1 is 1.42 bits per heavy atom. The van der Waals surface area contributed by atoms with E-state index < -0.39 is 8.60 Å². The first-order valence-corrected chi connectivity index (χ1v) is 6.33. The summed E-state index contributed by atoms with van der Waals surface area (Å²) >= 11 is 1.93. The normalized spacial score (nSPS) is 13.2. The highest BCUT2D eigenvalue weighted by Gasteiger charge is 2.01. The molecule has 0 aromatic carbocycles. The van der Waals surface area contributed by atoms with Gasteiger partial charge in [-0.2, -0.15) is 11.8 Å². The molecule has 0 saturated heterocycles. The van der Waals surface area contributed by atoms with Gasteiger partial charge in [-0.15, -0.1) is 0 Å². The van der Waals surface area contributed by atoms with Crippen molar-refractivity contribution in [3.05, 3.63) is 0 Å². The van der Waals surface area contributed by atoms with Crippen molar-refractivity contribution in [2.45, 2.75) is 19.8 Å². The van der Waals surface area contributed by atoms with Crippen LogP contribution in [0.2, 0.25) is 0 Å². The summed E-state index contributed by atoms with van der Waals surface area (Å²) in [7, 11) is -0.167. The molecule has 0 aliphatic rings. The molecule has 0 aromatic heterocycles. The zero-order valence-corrected chi connectivity index (χ0v) is 9.37. The van der Waals surface area contributed by atoms with Crippen LogP contribution in [-0.2, 0) is 9.05 Å². The molecule has 1 atom stereocenters. The van der Waals surface area contributed by atoms with Gasteiger partial charge in [0.1, 0.15) is 0 Å². The van der Waals surface area contributed by atoms with Crippen LogP contribution in [0.15, 0.2) is 0 Å². The van der Waals surface area contributed by atoms with E-state index in [9.17, 15) is 0 Å². The Hall–Kier alpha value is 0.660. The van der Waals surface area contributed by atoms with Gasteiger partial charge in [0.15, 0.2) is 0 Å². The van der Waals surface area contributed by atoms with E-state index in [1.807, 2.05) is 11.8 Å². The third-order valence-corrected chi connectivity index (χ3v) is 2.95. The van der Waals surface area contributed by atoms with Gasteiger partial charge in [0.05, 0.1) is 6.61 Å². The maximum Gasteiger partial charge on any atom is 0.329 e. The van der Waals surface area contributed by atoms with Crippen LogP contribution in [-0.4, -0.2) is 30.1 Å². The largest absolute Gasteiger partial charge is 0.329 e. The molecule has 5 heteroatoms. The molecule has 0 rings (SSSR count). The fourth-order valence-electron chi connectivity index (χ4n) is 0.646. The fourth-order valence-corrected chi connectivity index (χ4v) is 1.73. The van der Waals surface area contributed by atoms with Crippen LogP contribution in [0.5, 0.6) is 0 Å². The molecule has 1 N–H and O–H groups in total. The van der Waals surface area contributed by atoms with Crippen molar-refractivity contribution >= 4 is 20.4 Å². The zero-order chi connectivity index (χ0) is 9.23. The summed E-state index contributed by atoms with van der Waals surface area (Å²) < 4.78 is 9.53. The van der Waals surface area contributed by atoms with Crippen molar-refractivity contribution in [3.63, 3.8) is 0 Å². The lowest BCUT2D eigenvalue weighted by Crippen LogP contribution is -1.92. The number of thioether (sulfide) groups is 1. The predicted molar refractivity (Wildman–Crippen MR) is 54.3 cm³/mol. The van der Waals surface area contributed by atoms with E-state index in [0.717, 1.165) is 12.8 Å². The van der Waals surface area contributed by atoms with Gasteiger partial charge in [-0.25, -0.2) is 0 Å². The molecule has 0 amide bonds. The van der Waals surface area contributed by atoms with E-state index in [1.54, 1.807) is 0 Å². The molecule has 1 unspecified atom stereocenters. The first kappa shape index (κ1) is 12.7. The van der Waals surface area contributed by atoms with E-state index in [4.69, 9.17) is 9.42 Å². The Labute approximate surface area is 79.8 Å². The SMILES string of the molecule is CCSCCCCOP(O)OC.